The number of nitrogens with zero attached hydrogens (tertiary/aromatic N) is 1. The van der Waals surface area contributed by atoms with Gasteiger partial charge in [-0.2, -0.15) is 0 Å². The quantitative estimate of drug-likeness (QED) is 0.338. The molecule has 0 aliphatic heterocycles. The van der Waals surface area contributed by atoms with Crippen LogP contribution in [0.4, 0.5) is 0 Å². The SMILES string of the molecule is CCCNC(=O)C(Cc1ccccc1)N(Cc1cccc(Cl)c1)C(=O)CCc1ccc(CC)cc1. The zero-order valence-corrected chi connectivity index (χ0v) is 21.4. The van der Waals surface area contributed by atoms with Crippen LogP contribution in [0.15, 0.2) is 78.9 Å². The molecule has 3 rings (SSSR count). The van der Waals surface area contributed by atoms with Gasteiger partial charge in [-0.05, 0) is 53.6 Å². The van der Waals surface area contributed by atoms with E-state index >= 15 is 0 Å². The Morgan fingerprint density at radius 2 is 1.54 bits per heavy atom. The first-order valence-corrected chi connectivity index (χ1v) is 12.8. The third kappa shape index (κ3) is 8.25. The number of nitrogens with one attached hydrogen (secondary N) is 1. The highest BCUT2D eigenvalue weighted by molar-refractivity contribution is 6.30. The number of halogens is 1. The molecule has 1 unspecified atom stereocenters. The molecule has 4 nitrogen and oxygen atoms in total. The van der Waals surface area contributed by atoms with E-state index in [1.165, 1.54) is 5.56 Å². The molecular weight excluding hydrogens is 456 g/mol. The number of amides is 2. The molecule has 3 aromatic rings. The summed E-state index contributed by atoms with van der Waals surface area (Å²) in [5.41, 5.74) is 4.31. The molecule has 2 amide bonds. The van der Waals surface area contributed by atoms with Crippen molar-refractivity contribution in [3.8, 4) is 0 Å². The van der Waals surface area contributed by atoms with Gasteiger partial charge in [-0.25, -0.2) is 0 Å². The van der Waals surface area contributed by atoms with E-state index in [-0.39, 0.29) is 11.8 Å². The van der Waals surface area contributed by atoms with Crippen molar-refractivity contribution in [3.63, 3.8) is 0 Å². The van der Waals surface area contributed by atoms with Crippen molar-refractivity contribution >= 4 is 23.4 Å². The summed E-state index contributed by atoms with van der Waals surface area (Å²) in [5.74, 6) is -0.171. The van der Waals surface area contributed by atoms with Crippen LogP contribution in [-0.4, -0.2) is 29.3 Å². The lowest BCUT2D eigenvalue weighted by Crippen LogP contribution is -2.50. The molecule has 1 atom stereocenters. The van der Waals surface area contributed by atoms with Gasteiger partial charge in [0.2, 0.25) is 11.8 Å². The zero-order valence-electron chi connectivity index (χ0n) is 20.7. The minimum absolute atomic E-state index is 0.0443. The summed E-state index contributed by atoms with van der Waals surface area (Å²) in [5, 5.41) is 3.62. The van der Waals surface area contributed by atoms with Crippen LogP contribution in [0.2, 0.25) is 5.02 Å². The summed E-state index contributed by atoms with van der Waals surface area (Å²) in [6.45, 7) is 5.05. The molecule has 5 heteroatoms. The van der Waals surface area contributed by atoms with E-state index in [1.54, 1.807) is 4.90 Å². The molecule has 184 valence electrons. The van der Waals surface area contributed by atoms with Crippen LogP contribution in [-0.2, 0) is 35.4 Å². The van der Waals surface area contributed by atoms with E-state index in [4.69, 9.17) is 11.6 Å². The number of aryl methyl sites for hydroxylation is 2. The van der Waals surface area contributed by atoms with Crippen molar-refractivity contribution in [2.24, 2.45) is 0 Å². The molecule has 0 aliphatic rings. The van der Waals surface area contributed by atoms with Crippen molar-refractivity contribution < 1.29 is 9.59 Å². The van der Waals surface area contributed by atoms with Crippen LogP contribution in [0.25, 0.3) is 0 Å². The molecule has 0 aromatic heterocycles. The van der Waals surface area contributed by atoms with Crippen LogP contribution >= 0.6 is 11.6 Å². The Labute approximate surface area is 214 Å². The van der Waals surface area contributed by atoms with Crippen LogP contribution < -0.4 is 5.32 Å². The fourth-order valence-electron chi connectivity index (χ4n) is 4.09. The van der Waals surface area contributed by atoms with Gasteiger partial charge in [0, 0.05) is 31.0 Å². The Bertz CT molecular complexity index is 1080. The molecule has 0 radical (unpaired) electrons. The normalized spacial score (nSPS) is 11.6. The van der Waals surface area contributed by atoms with E-state index in [1.807, 2.05) is 61.5 Å². The second-order valence-corrected chi connectivity index (χ2v) is 9.25. The van der Waals surface area contributed by atoms with E-state index in [2.05, 4.69) is 36.5 Å². The highest BCUT2D eigenvalue weighted by Crippen LogP contribution is 2.19. The van der Waals surface area contributed by atoms with Gasteiger partial charge in [-0.15, -0.1) is 0 Å². The Morgan fingerprint density at radius 3 is 2.20 bits per heavy atom. The fourth-order valence-corrected chi connectivity index (χ4v) is 4.30. The minimum Gasteiger partial charge on any atom is -0.354 e. The van der Waals surface area contributed by atoms with E-state index < -0.39 is 6.04 Å². The smallest absolute Gasteiger partial charge is 0.243 e. The van der Waals surface area contributed by atoms with Crippen LogP contribution in [0.5, 0.6) is 0 Å². The molecular formula is C30H35ClN2O2. The highest BCUT2D eigenvalue weighted by atomic mass is 35.5. The zero-order chi connectivity index (χ0) is 25.0. The standard InChI is InChI=1S/C30H35ClN2O2/c1-3-19-32-30(35)28(21-25-9-6-5-7-10-25)33(22-26-11-8-12-27(31)20-26)29(34)18-17-24-15-13-23(4-2)14-16-24/h5-16,20,28H,3-4,17-19,21-22H2,1-2H3,(H,32,35). The summed E-state index contributed by atoms with van der Waals surface area (Å²) < 4.78 is 0. The predicted octanol–water partition coefficient (Wildman–Crippen LogP) is 6.00. The summed E-state index contributed by atoms with van der Waals surface area (Å²) in [4.78, 5) is 28.7. The predicted molar refractivity (Wildman–Crippen MR) is 143 cm³/mol. The maximum absolute atomic E-state index is 13.7. The third-order valence-corrected chi connectivity index (χ3v) is 6.36. The molecule has 0 saturated carbocycles. The maximum Gasteiger partial charge on any atom is 0.243 e. The number of rotatable bonds is 12. The molecule has 0 spiro atoms. The van der Waals surface area contributed by atoms with Gasteiger partial charge in [-0.3, -0.25) is 9.59 Å². The van der Waals surface area contributed by atoms with E-state index in [9.17, 15) is 9.59 Å². The van der Waals surface area contributed by atoms with Gasteiger partial charge in [0.1, 0.15) is 6.04 Å². The monoisotopic (exact) mass is 490 g/mol. The lowest BCUT2D eigenvalue weighted by Gasteiger charge is -2.31. The fraction of sp³-hybridized carbons (Fsp3) is 0.333. The second-order valence-electron chi connectivity index (χ2n) is 8.82. The molecule has 0 bridgehead atoms. The van der Waals surface area contributed by atoms with Crippen molar-refractivity contribution in [2.75, 3.05) is 6.54 Å². The summed E-state index contributed by atoms with van der Waals surface area (Å²) in [6.07, 6.45) is 3.23. The van der Waals surface area contributed by atoms with Crippen molar-refractivity contribution in [1.29, 1.82) is 0 Å². The summed E-state index contributed by atoms with van der Waals surface area (Å²) in [6, 6.07) is 25.1. The van der Waals surface area contributed by atoms with Gasteiger partial charge in [-0.1, -0.05) is 92.2 Å². The lowest BCUT2D eigenvalue weighted by molar-refractivity contribution is -0.141. The lowest BCUT2D eigenvalue weighted by atomic mass is 10.0. The van der Waals surface area contributed by atoms with Crippen molar-refractivity contribution in [2.45, 2.75) is 58.5 Å². The molecule has 0 fully saturated rings. The summed E-state index contributed by atoms with van der Waals surface area (Å²) >= 11 is 6.23. The van der Waals surface area contributed by atoms with Gasteiger partial charge in [0.25, 0.3) is 0 Å². The van der Waals surface area contributed by atoms with Crippen molar-refractivity contribution in [3.05, 3.63) is 106 Å². The first-order chi connectivity index (χ1) is 17.0. The average molecular weight is 491 g/mol. The van der Waals surface area contributed by atoms with Crippen LogP contribution in [0.3, 0.4) is 0 Å². The highest BCUT2D eigenvalue weighted by Gasteiger charge is 2.30. The Hall–Kier alpha value is -3.11. The van der Waals surface area contributed by atoms with Crippen LogP contribution in [0.1, 0.15) is 48.9 Å². The average Bonchev–Trinajstić information content (AvgIpc) is 2.88. The van der Waals surface area contributed by atoms with Gasteiger partial charge in [0.05, 0.1) is 0 Å². The largest absolute Gasteiger partial charge is 0.354 e. The number of hydrogen-bond acceptors (Lipinski definition) is 2. The first kappa shape index (κ1) is 26.5. The molecule has 1 N–H and O–H groups in total. The molecule has 0 aliphatic carbocycles. The van der Waals surface area contributed by atoms with E-state index in [0.29, 0.717) is 37.4 Å². The Balaban J connectivity index is 1.87. The topological polar surface area (TPSA) is 49.4 Å². The second kappa shape index (κ2) is 13.7. The molecule has 3 aromatic carbocycles. The van der Waals surface area contributed by atoms with Gasteiger partial charge >= 0.3 is 0 Å². The summed E-state index contributed by atoms with van der Waals surface area (Å²) in [7, 11) is 0. The molecule has 0 saturated heterocycles. The first-order valence-electron chi connectivity index (χ1n) is 12.4. The molecule has 0 heterocycles. The van der Waals surface area contributed by atoms with E-state index in [0.717, 1.165) is 29.5 Å². The van der Waals surface area contributed by atoms with Crippen molar-refractivity contribution in [1.82, 2.24) is 10.2 Å². The maximum atomic E-state index is 13.7. The number of carbonyl (C=O) groups is 2. The third-order valence-electron chi connectivity index (χ3n) is 6.12. The molecule has 35 heavy (non-hydrogen) atoms. The Morgan fingerprint density at radius 1 is 0.857 bits per heavy atom. The van der Waals surface area contributed by atoms with Gasteiger partial charge < -0.3 is 10.2 Å². The number of hydrogen-bond donors (Lipinski definition) is 1. The Kier molecular flexibility index (Phi) is 10.4. The van der Waals surface area contributed by atoms with Crippen LogP contribution in [0, 0.1) is 0 Å². The number of carbonyl (C=O) groups excluding carboxylic acids is 2. The minimum atomic E-state index is -0.613. The number of benzene rings is 3. The van der Waals surface area contributed by atoms with Gasteiger partial charge in [0.15, 0.2) is 0 Å².